The van der Waals surface area contributed by atoms with Crippen LogP contribution < -0.4 is 0 Å². The quantitative estimate of drug-likeness (QED) is 0.627. The van der Waals surface area contributed by atoms with Crippen molar-refractivity contribution in [3.8, 4) is 0 Å². The number of carbonyl (C=O) groups excluding carboxylic acids is 1. The van der Waals surface area contributed by atoms with E-state index in [2.05, 4.69) is 0 Å². The zero-order chi connectivity index (χ0) is 17.1. The second-order valence-corrected chi connectivity index (χ2v) is 7.70. The van der Waals surface area contributed by atoms with Crippen LogP contribution in [0.4, 0.5) is 0 Å². The molecule has 2 rings (SSSR count). The molecule has 1 amide bonds. The number of benzene rings is 1. The van der Waals surface area contributed by atoms with Gasteiger partial charge in [0.05, 0.1) is 4.91 Å². The standard InChI is InChI=1S/C16H16ClNO3S2/c1-9(2)7-12(15(20)21)18-14(19)13(23-16(18)22)8-10-3-5-11(17)6-4-10/h3-6,8-9,12H,7H2,1-2H3,(H,20,21)/b13-8-/t12-/m0/s1. The molecule has 1 aromatic carbocycles. The van der Waals surface area contributed by atoms with Gasteiger partial charge in [0.25, 0.3) is 5.91 Å². The Balaban J connectivity index is 2.28. The molecule has 1 saturated heterocycles. The van der Waals surface area contributed by atoms with Crippen molar-refractivity contribution >= 4 is 57.9 Å². The minimum Gasteiger partial charge on any atom is -0.480 e. The zero-order valence-electron chi connectivity index (χ0n) is 12.7. The third kappa shape index (κ3) is 4.34. The van der Waals surface area contributed by atoms with E-state index in [0.717, 1.165) is 17.3 Å². The summed E-state index contributed by atoms with van der Waals surface area (Å²) in [6, 6.07) is 6.11. The lowest BCUT2D eigenvalue weighted by Gasteiger charge is -2.24. The average molecular weight is 370 g/mol. The molecule has 1 fully saturated rings. The van der Waals surface area contributed by atoms with Gasteiger partial charge in [-0.05, 0) is 36.1 Å². The van der Waals surface area contributed by atoms with Crippen molar-refractivity contribution in [3.05, 3.63) is 39.8 Å². The number of rotatable bonds is 5. The van der Waals surface area contributed by atoms with Crippen molar-refractivity contribution in [2.75, 3.05) is 0 Å². The molecule has 1 aliphatic rings. The Bertz CT molecular complexity index is 670. The third-order valence-corrected chi connectivity index (χ3v) is 4.87. The fourth-order valence-electron chi connectivity index (χ4n) is 2.22. The van der Waals surface area contributed by atoms with Gasteiger partial charge in [-0.2, -0.15) is 0 Å². The van der Waals surface area contributed by atoms with Crippen LogP contribution in [0.5, 0.6) is 0 Å². The fourth-order valence-corrected chi connectivity index (χ4v) is 3.70. The molecule has 1 aromatic rings. The molecule has 4 nitrogen and oxygen atoms in total. The number of amides is 1. The molecule has 122 valence electrons. The van der Waals surface area contributed by atoms with Gasteiger partial charge in [0.15, 0.2) is 0 Å². The third-order valence-electron chi connectivity index (χ3n) is 3.28. The maximum absolute atomic E-state index is 12.6. The number of hydrogen-bond acceptors (Lipinski definition) is 4. The lowest BCUT2D eigenvalue weighted by molar-refractivity contribution is -0.145. The number of carbonyl (C=O) groups is 2. The molecule has 0 saturated carbocycles. The van der Waals surface area contributed by atoms with Gasteiger partial charge in [-0.3, -0.25) is 9.69 Å². The summed E-state index contributed by atoms with van der Waals surface area (Å²) < 4.78 is 0.281. The minimum atomic E-state index is -1.04. The molecule has 23 heavy (non-hydrogen) atoms. The molecule has 0 aromatic heterocycles. The van der Waals surface area contributed by atoms with E-state index in [9.17, 15) is 14.7 Å². The van der Waals surface area contributed by atoms with Crippen molar-refractivity contribution in [2.24, 2.45) is 5.92 Å². The first-order valence-corrected chi connectivity index (χ1v) is 8.65. The Morgan fingerprint density at radius 1 is 1.39 bits per heavy atom. The molecule has 1 aliphatic heterocycles. The van der Waals surface area contributed by atoms with Gasteiger partial charge < -0.3 is 5.11 Å². The van der Waals surface area contributed by atoms with E-state index in [-0.39, 0.29) is 16.1 Å². The molecule has 1 atom stereocenters. The predicted molar refractivity (Wildman–Crippen MR) is 97.3 cm³/mol. The van der Waals surface area contributed by atoms with E-state index in [0.29, 0.717) is 16.3 Å². The second kappa shape index (κ2) is 7.47. The highest BCUT2D eigenvalue weighted by Gasteiger charge is 2.40. The van der Waals surface area contributed by atoms with Crippen molar-refractivity contribution in [3.63, 3.8) is 0 Å². The second-order valence-electron chi connectivity index (χ2n) is 5.59. The topological polar surface area (TPSA) is 57.6 Å². The molecule has 0 radical (unpaired) electrons. The Labute approximate surface area is 149 Å². The molecule has 0 aliphatic carbocycles. The first-order chi connectivity index (χ1) is 10.8. The summed E-state index contributed by atoms with van der Waals surface area (Å²) in [4.78, 5) is 25.7. The average Bonchev–Trinajstić information content (AvgIpc) is 2.73. The molecule has 0 spiro atoms. The van der Waals surface area contributed by atoms with E-state index < -0.39 is 12.0 Å². The Morgan fingerprint density at radius 2 is 2.00 bits per heavy atom. The maximum atomic E-state index is 12.6. The number of thiocarbonyl (C=S) groups is 1. The van der Waals surface area contributed by atoms with Gasteiger partial charge in [-0.15, -0.1) is 0 Å². The van der Waals surface area contributed by atoms with Crippen LogP contribution in [0.3, 0.4) is 0 Å². The van der Waals surface area contributed by atoms with Crippen LogP contribution in [0.25, 0.3) is 6.08 Å². The summed E-state index contributed by atoms with van der Waals surface area (Å²) >= 11 is 12.2. The van der Waals surface area contributed by atoms with E-state index in [4.69, 9.17) is 23.8 Å². The molecule has 0 unspecified atom stereocenters. The summed E-state index contributed by atoms with van der Waals surface area (Å²) in [7, 11) is 0. The van der Waals surface area contributed by atoms with Crippen molar-refractivity contribution in [2.45, 2.75) is 26.3 Å². The van der Waals surface area contributed by atoms with Gasteiger partial charge in [0.1, 0.15) is 10.4 Å². The summed E-state index contributed by atoms with van der Waals surface area (Å²) in [6.07, 6.45) is 2.06. The molecular formula is C16H16ClNO3S2. The number of halogens is 1. The Morgan fingerprint density at radius 3 is 2.52 bits per heavy atom. The molecule has 1 N–H and O–H groups in total. The molecule has 7 heteroatoms. The highest BCUT2D eigenvalue weighted by atomic mass is 35.5. The zero-order valence-corrected chi connectivity index (χ0v) is 15.0. The van der Waals surface area contributed by atoms with Gasteiger partial charge in [0, 0.05) is 5.02 Å². The normalized spacial score (nSPS) is 18.1. The number of nitrogens with zero attached hydrogens (tertiary/aromatic N) is 1. The number of hydrogen-bond donors (Lipinski definition) is 1. The van der Waals surface area contributed by atoms with Crippen molar-refractivity contribution in [1.29, 1.82) is 0 Å². The fraction of sp³-hybridized carbons (Fsp3) is 0.312. The van der Waals surface area contributed by atoms with Crippen molar-refractivity contribution in [1.82, 2.24) is 4.90 Å². The lowest BCUT2D eigenvalue weighted by atomic mass is 10.0. The predicted octanol–water partition coefficient (Wildman–Crippen LogP) is 4.04. The monoisotopic (exact) mass is 369 g/mol. The molecular weight excluding hydrogens is 354 g/mol. The van der Waals surface area contributed by atoms with Crippen LogP contribution in [-0.2, 0) is 9.59 Å². The van der Waals surface area contributed by atoms with Gasteiger partial charge in [-0.1, -0.05) is 61.6 Å². The summed E-state index contributed by atoms with van der Waals surface area (Å²) in [5, 5.41) is 10.0. The summed E-state index contributed by atoms with van der Waals surface area (Å²) in [5.74, 6) is -1.26. The van der Waals surface area contributed by atoms with E-state index >= 15 is 0 Å². The van der Waals surface area contributed by atoms with Crippen LogP contribution in [0.15, 0.2) is 29.2 Å². The van der Waals surface area contributed by atoms with Crippen LogP contribution in [0, 0.1) is 5.92 Å². The largest absolute Gasteiger partial charge is 0.480 e. The lowest BCUT2D eigenvalue weighted by Crippen LogP contribution is -2.44. The number of carboxylic acid groups (broad SMARTS) is 1. The Hall–Kier alpha value is -1.37. The Kier molecular flexibility index (Phi) is 5.84. The van der Waals surface area contributed by atoms with Crippen molar-refractivity contribution < 1.29 is 14.7 Å². The maximum Gasteiger partial charge on any atom is 0.326 e. The number of thioether (sulfide) groups is 1. The molecule has 1 heterocycles. The van der Waals surface area contributed by atoms with E-state index in [1.54, 1.807) is 30.3 Å². The van der Waals surface area contributed by atoms with Gasteiger partial charge in [-0.25, -0.2) is 4.79 Å². The minimum absolute atomic E-state index is 0.140. The summed E-state index contributed by atoms with van der Waals surface area (Å²) in [5.41, 5.74) is 0.811. The van der Waals surface area contributed by atoms with Crippen LogP contribution in [-0.4, -0.2) is 32.2 Å². The molecule has 0 bridgehead atoms. The highest BCUT2D eigenvalue weighted by molar-refractivity contribution is 8.26. The SMILES string of the molecule is CC(C)C[C@@H](C(=O)O)N1C(=O)/C(=C/c2ccc(Cl)cc2)SC1=S. The van der Waals surface area contributed by atoms with E-state index in [1.165, 1.54) is 4.90 Å². The smallest absolute Gasteiger partial charge is 0.326 e. The van der Waals surface area contributed by atoms with Crippen LogP contribution in [0.1, 0.15) is 25.8 Å². The highest BCUT2D eigenvalue weighted by Crippen LogP contribution is 2.35. The summed E-state index contributed by atoms with van der Waals surface area (Å²) in [6.45, 7) is 3.83. The first kappa shape index (κ1) is 18.0. The van der Waals surface area contributed by atoms with Gasteiger partial charge >= 0.3 is 5.97 Å². The number of carboxylic acids is 1. The van der Waals surface area contributed by atoms with Crippen LogP contribution >= 0.6 is 35.6 Å². The van der Waals surface area contributed by atoms with E-state index in [1.807, 2.05) is 13.8 Å². The first-order valence-electron chi connectivity index (χ1n) is 7.05. The number of aliphatic carboxylic acids is 1. The van der Waals surface area contributed by atoms with Crippen LogP contribution in [0.2, 0.25) is 5.02 Å². The van der Waals surface area contributed by atoms with Gasteiger partial charge in [0.2, 0.25) is 0 Å².